The van der Waals surface area contributed by atoms with Crippen molar-refractivity contribution in [1.82, 2.24) is 0 Å². The van der Waals surface area contributed by atoms with Crippen molar-refractivity contribution in [2.75, 3.05) is 11.9 Å². The summed E-state index contributed by atoms with van der Waals surface area (Å²) in [7, 11) is 0. The van der Waals surface area contributed by atoms with E-state index in [4.69, 9.17) is 10.00 Å². The summed E-state index contributed by atoms with van der Waals surface area (Å²) in [5, 5.41) is 12.6. The van der Waals surface area contributed by atoms with Crippen molar-refractivity contribution in [3.8, 4) is 6.07 Å². The Morgan fingerprint density at radius 1 is 1.25 bits per heavy atom. The van der Waals surface area contributed by atoms with Crippen LogP contribution in [0.2, 0.25) is 0 Å². The van der Waals surface area contributed by atoms with Crippen molar-refractivity contribution in [2.45, 2.75) is 31.9 Å². The van der Waals surface area contributed by atoms with Crippen molar-refractivity contribution in [3.63, 3.8) is 0 Å². The SMILES string of the molecule is CC(=O)c1ccc(C#N)cc1NC1CCOC(c2ccccc2)C1. The van der Waals surface area contributed by atoms with Crippen LogP contribution >= 0.6 is 0 Å². The van der Waals surface area contributed by atoms with Gasteiger partial charge in [0.25, 0.3) is 0 Å². The number of nitrogens with zero attached hydrogens (tertiary/aromatic N) is 1. The molecule has 3 rings (SSSR count). The second kappa shape index (κ2) is 7.29. The Hall–Kier alpha value is -2.64. The molecule has 0 aliphatic carbocycles. The maximum absolute atomic E-state index is 11.8. The number of carbonyl (C=O) groups is 1. The van der Waals surface area contributed by atoms with Gasteiger partial charge in [0.15, 0.2) is 5.78 Å². The minimum atomic E-state index is -0.00587. The van der Waals surface area contributed by atoms with Crippen LogP contribution in [-0.4, -0.2) is 18.4 Å². The van der Waals surface area contributed by atoms with Crippen molar-refractivity contribution in [2.24, 2.45) is 0 Å². The molecular formula is C20H20N2O2. The van der Waals surface area contributed by atoms with E-state index in [1.807, 2.05) is 18.2 Å². The van der Waals surface area contributed by atoms with E-state index in [2.05, 4.69) is 23.5 Å². The van der Waals surface area contributed by atoms with Crippen LogP contribution in [0, 0.1) is 11.3 Å². The average molecular weight is 320 g/mol. The molecule has 122 valence electrons. The molecule has 4 heteroatoms. The summed E-state index contributed by atoms with van der Waals surface area (Å²) in [4.78, 5) is 11.8. The van der Waals surface area contributed by atoms with Gasteiger partial charge in [0.05, 0.1) is 17.7 Å². The minimum absolute atomic E-state index is 0.00587. The molecule has 1 aliphatic rings. The van der Waals surface area contributed by atoms with E-state index in [0.717, 1.165) is 18.5 Å². The van der Waals surface area contributed by atoms with Gasteiger partial charge in [0.1, 0.15) is 0 Å². The van der Waals surface area contributed by atoms with Gasteiger partial charge in [-0.25, -0.2) is 0 Å². The number of nitriles is 1. The molecule has 1 aliphatic heterocycles. The zero-order valence-electron chi connectivity index (χ0n) is 13.7. The molecule has 4 nitrogen and oxygen atoms in total. The van der Waals surface area contributed by atoms with Crippen molar-refractivity contribution >= 4 is 11.5 Å². The van der Waals surface area contributed by atoms with Crippen LogP contribution in [0.3, 0.4) is 0 Å². The molecule has 0 bridgehead atoms. The van der Waals surface area contributed by atoms with E-state index in [9.17, 15) is 4.79 Å². The van der Waals surface area contributed by atoms with E-state index in [-0.39, 0.29) is 17.9 Å². The highest BCUT2D eigenvalue weighted by atomic mass is 16.5. The van der Waals surface area contributed by atoms with Gasteiger partial charge in [-0.2, -0.15) is 5.26 Å². The van der Waals surface area contributed by atoms with Gasteiger partial charge in [-0.1, -0.05) is 30.3 Å². The lowest BCUT2D eigenvalue weighted by Gasteiger charge is -2.31. The predicted octanol–water partition coefficient (Wildman–Crippen LogP) is 4.09. The molecule has 2 atom stereocenters. The molecule has 0 aromatic heterocycles. The zero-order valence-corrected chi connectivity index (χ0v) is 13.7. The van der Waals surface area contributed by atoms with Crippen LogP contribution in [0.5, 0.6) is 0 Å². The number of hydrogen-bond acceptors (Lipinski definition) is 4. The third kappa shape index (κ3) is 3.64. The first-order valence-electron chi connectivity index (χ1n) is 8.15. The second-order valence-electron chi connectivity index (χ2n) is 6.06. The van der Waals surface area contributed by atoms with Crippen LogP contribution in [0.4, 0.5) is 5.69 Å². The summed E-state index contributed by atoms with van der Waals surface area (Å²) in [5.74, 6) is -0.00587. The summed E-state index contributed by atoms with van der Waals surface area (Å²) in [6.45, 7) is 2.22. The standard InChI is InChI=1S/C20H20N2O2/c1-14(23)18-8-7-15(13-21)11-19(18)22-17-9-10-24-20(12-17)16-5-3-2-4-6-16/h2-8,11,17,20,22H,9-10,12H2,1H3. The lowest BCUT2D eigenvalue weighted by Crippen LogP contribution is -2.30. The monoisotopic (exact) mass is 320 g/mol. The normalized spacial score (nSPS) is 20.2. The van der Waals surface area contributed by atoms with Crippen LogP contribution in [0.15, 0.2) is 48.5 Å². The summed E-state index contributed by atoms with van der Waals surface area (Å²) in [6, 6.07) is 17.7. The van der Waals surface area contributed by atoms with Crippen molar-refractivity contribution in [3.05, 3.63) is 65.2 Å². The summed E-state index contributed by atoms with van der Waals surface area (Å²) in [6.07, 6.45) is 1.76. The van der Waals surface area contributed by atoms with Gasteiger partial charge in [0, 0.05) is 23.9 Å². The Morgan fingerprint density at radius 3 is 2.75 bits per heavy atom. The van der Waals surface area contributed by atoms with E-state index >= 15 is 0 Å². The van der Waals surface area contributed by atoms with Gasteiger partial charge < -0.3 is 10.1 Å². The van der Waals surface area contributed by atoms with Gasteiger partial charge in [-0.05, 0) is 43.5 Å². The number of rotatable bonds is 4. The van der Waals surface area contributed by atoms with Gasteiger partial charge in [-0.3, -0.25) is 4.79 Å². The molecule has 2 unspecified atom stereocenters. The van der Waals surface area contributed by atoms with E-state index in [1.165, 1.54) is 5.56 Å². The highest BCUT2D eigenvalue weighted by molar-refractivity contribution is 5.99. The molecule has 1 heterocycles. The molecule has 0 amide bonds. The number of ketones is 1. The number of anilines is 1. The fourth-order valence-electron chi connectivity index (χ4n) is 3.09. The molecule has 0 radical (unpaired) electrons. The van der Waals surface area contributed by atoms with Crippen LogP contribution in [-0.2, 0) is 4.74 Å². The fraction of sp³-hybridized carbons (Fsp3) is 0.300. The number of Topliss-reactive ketones (excluding diaryl/α,β-unsaturated/α-hetero) is 1. The average Bonchev–Trinajstić information content (AvgIpc) is 2.62. The first-order valence-corrected chi connectivity index (χ1v) is 8.15. The second-order valence-corrected chi connectivity index (χ2v) is 6.06. The highest BCUT2D eigenvalue weighted by Gasteiger charge is 2.24. The zero-order chi connectivity index (χ0) is 16.9. The minimum Gasteiger partial charge on any atom is -0.381 e. The maximum Gasteiger partial charge on any atom is 0.161 e. The molecule has 0 spiro atoms. The van der Waals surface area contributed by atoms with Gasteiger partial charge >= 0.3 is 0 Å². The molecule has 2 aromatic carbocycles. The molecule has 1 fully saturated rings. The van der Waals surface area contributed by atoms with E-state index in [0.29, 0.717) is 17.7 Å². The Kier molecular flexibility index (Phi) is 4.93. The molecule has 2 aromatic rings. The first-order chi connectivity index (χ1) is 11.7. The Morgan fingerprint density at radius 2 is 2.04 bits per heavy atom. The van der Waals surface area contributed by atoms with Crippen LogP contribution in [0.1, 0.15) is 47.4 Å². The van der Waals surface area contributed by atoms with Crippen LogP contribution < -0.4 is 5.32 Å². The number of benzene rings is 2. The predicted molar refractivity (Wildman–Crippen MR) is 92.9 cm³/mol. The lowest BCUT2D eigenvalue weighted by molar-refractivity contribution is 0.00979. The Balaban J connectivity index is 1.78. The fourth-order valence-corrected chi connectivity index (χ4v) is 3.09. The molecule has 0 saturated carbocycles. The number of nitrogens with one attached hydrogen (secondary N) is 1. The smallest absolute Gasteiger partial charge is 0.161 e. The third-order valence-electron chi connectivity index (χ3n) is 4.34. The molecule has 1 N–H and O–H groups in total. The molecular weight excluding hydrogens is 300 g/mol. The van der Waals surface area contributed by atoms with Gasteiger partial charge in [-0.15, -0.1) is 0 Å². The lowest BCUT2D eigenvalue weighted by atomic mass is 9.96. The summed E-state index contributed by atoms with van der Waals surface area (Å²) < 4.78 is 5.90. The Labute approximate surface area is 142 Å². The first kappa shape index (κ1) is 16.2. The van der Waals surface area contributed by atoms with Crippen molar-refractivity contribution < 1.29 is 9.53 Å². The Bertz CT molecular complexity index is 765. The summed E-state index contributed by atoms with van der Waals surface area (Å²) >= 11 is 0. The number of carbonyl (C=O) groups excluding carboxylic acids is 1. The maximum atomic E-state index is 11.8. The molecule has 1 saturated heterocycles. The quantitative estimate of drug-likeness (QED) is 0.862. The van der Waals surface area contributed by atoms with E-state index in [1.54, 1.807) is 25.1 Å². The van der Waals surface area contributed by atoms with E-state index < -0.39 is 0 Å². The summed E-state index contributed by atoms with van der Waals surface area (Å²) in [5.41, 5.74) is 3.08. The van der Waals surface area contributed by atoms with Gasteiger partial charge in [0.2, 0.25) is 0 Å². The molecule has 24 heavy (non-hydrogen) atoms. The van der Waals surface area contributed by atoms with Crippen LogP contribution in [0.25, 0.3) is 0 Å². The van der Waals surface area contributed by atoms with Crippen molar-refractivity contribution in [1.29, 1.82) is 5.26 Å². The number of hydrogen-bond donors (Lipinski definition) is 1. The number of ether oxygens (including phenoxy) is 1. The topological polar surface area (TPSA) is 62.1 Å². The highest BCUT2D eigenvalue weighted by Crippen LogP contribution is 2.30. The third-order valence-corrected chi connectivity index (χ3v) is 4.34. The largest absolute Gasteiger partial charge is 0.381 e.